The van der Waals surface area contributed by atoms with Crippen molar-refractivity contribution in [2.75, 3.05) is 0 Å². The molecule has 0 unspecified atom stereocenters. The molecule has 0 heterocycles. The number of hydrogen-bond donors (Lipinski definition) is 1. The summed E-state index contributed by atoms with van der Waals surface area (Å²) in [7, 11) is 0. The van der Waals surface area contributed by atoms with Crippen molar-refractivity contribution in [2.45, 2.75) is 0 Å². The summed E-state index contributed by atoms with van der Waals surface area (Å²) in [5.41, 5.74) is 0. The summed E-state index contributed by atoms with van der Waals surface area (Å²) in [5, 5.41) is 0. The van der Waals surface area contributed by atoms with Crippen molar-refractivity contribution >= 4 is 57.8 Å². The van der Waals surface area contributed by atoms with Gasteiger partial charge in [-0.15, -0.1) is 0 Å². The van der Waals surface area contributed by atoms with E-state index in [0.717, 1.165) is 0 Å². The van der Waals surface area contributed by atoms with Crippen molar-refractivity contribution < 1.29 is 13.2 Å². The minimum absolute atomic E-state index is 0. The van der Waals surface area contributed by atoms with Crippen molar-refractivity contribution in [3.8, 4) is 0 Å². The quantitative estimate of drug-likeness (QED) is 0.430. The van der Waals surface area contributed by atoms with E-state index in [1.165, 1.54) is 0 Å². The summed E-state index contributed by atoms with van der Waals surface area (Å²) < 4.78 is 33.3. The SMILES string of the molecule is [Ca+2].[O]=[Sb]([O-])([O-])[OH]. The van der Waals surface area contributed by atoms with Gasteiger partial charge < -0.3 is 0 Å². The van der Waals surface area contributed by atoms with Crippen LogP contribution < -0.4 is 6.77 Å². The van der Waals surface area contributed by atoms with E-state index in [4.69, 9.17) is 13.2 Å². The zero-order valence-electron chi connectivity index (χ0n) is 2.83. The predicted molar refractivity (Wildman–Crippen MR) is 14.4 cm³/mol. The van der Waals surface area contributed by atoms with Gasteiger partial charge >= 0.3 is 71.0 Å². The van der Waals surface area contributed by atoms with Gasteiger partial charge in [-0.05, 0) is 0 Å². The topological polar surface area (TPSA) is 83.4 Å². The first kappa shape index (κ1) is 10.7. The number of hydrogen-bond acceptors (Lipinski definition) is 3. The molecular weight excluding hydrogens is 226 g/mol. The van der Waals surface area contributed by atoms with Crippen LogP contribution in [0, 0.1) is 0 Å². The molecule has 0 aromatic heterocycles. The Bertz CT molecular complexity index is 53.7. The molecule has 4 nitrogen and oxygen atoms in total. The van der Waals surface area contributed by atoms with Crippen molar-refractivity contribution in [1.29, 1.82) is 0 Å². The van der Waals surface area contributed by atoms with Crippen LogP contribution in [0.2, 0.25) is 0 Å². The van der Waals surface area contributed by atoms with Crippen LogP contribution in [0.1, 0.15) is 0 Å². The monoisotopic (exact) mass is 226 g/mol. The van der Waals surface area contributed by atoms with Crippen molar-refractivity contribution in [3.05, 3.63) is 0 Å². The first-order valence-corrected chi connectivity index (χ1v) is 5.02. The fourth-order valence-corrected chi connectivity index (χ4v) is 0. The molecule has 0 aliphatic heterocycles. The van der Waals surface area contributed by atoms with Crippen LogP contribution in [-0.4, -0.2) is 61.2 Å². The third kappa shape index (κ3) is 42.2. The Hall–Kier alpha value is 1.76. The van der Waals surface area contributed by atoms with E-state index < -0.39 is 20.1 Å². The first-order chi connectivity index (χ1) is 2.00. The molecule has 6 heteroatoms. The van der Waals surface area contributed by atoms with Gasteiger partial charge in [-0.2, -0.15) is 0 Å². The molecule has 0 aromatic carbocycles. The molecule has 0 aromatic rings. The van der Waals surface area contributed by atoms with Crippen LogP contribution in [0.4, 0.5) is 0 Å². The first-order valence-electron chi connectivity index (χ1n) is 0.748. The molecular formula is HCaO4Sb. The zero-order chi connectivity index (χ0) is 4.50. The van der Waals surface area contributed by atoms with Gasteiger partial charge in [0.15, 0.2) is 0 Å². The van der Waals surface area contributed by atoms with Gasteiger partial charge in [-0.1, -0.05) is 0 Å². The van der Waals surface area contributed by atoms with Gasteiger partial charge in [0.25, 0.3) is 0 Å². The van der Waals surface area contributed by atoms with E-state index in [-0.39, 0.29) is 37.7 Å². The van der Waals surface area contributed by atoms with Crippen molar-refractivity contribution in [1.82, 2.24) is 0 Å². The summed E-state index contributed by atoms with van der Waals surface area (Å²) in [6.07, 6.45) is 0. The molecule has 0 radical (unpaired) electrons. The predicted octanol–water partition coefficient (Wildman–Crippen LogP) is -3.82. The van der Waals surface area contributed by atoms with Crippen LogP contribution >= 0.6 is 0 Å². The fourth-order valence-electron chi connectivity index (χ4n) is 0. The Kier molecular flexibility index (Phi) is 6.63. The molecule has 0 atom stereocenters. The second-order valence-corrected chi connectivity index (χ2v) is 3.14. The van der Waals surface area contributed by atoms with E-state index in [2.05, 4.69) is 0 Å². The molecule has 0 rings (SSSR count). The molecule has 0 amide bonds. The third-order valence-corrected chi connectivity index (χ3v) is 0. The van der Waals surface area contributed by atoms with Gasteiger partial charge in [-0.25, -0.2) is 0 Å². The second kappa shape index (κ2) is 3.72. The van der Waals surface area contributed by atoms with E-state index in [1.807, 2.05) is 0 Å². The number of rotatable bonds is 0. The van der Waals surface area contributed by atoms with Crippen LogP contribution in [0.25, 0.3) is 0 Å². The van der Waals surface area contributed by atoms with E-state index in [9.17, 15) is 0 Å². The fraction of sp³-hybridized carbons (Fsp3) is 0. The van der Waals surface area contributed by atoms with Gasteiger partial charge in [0, 0.05) is 0 Å². The Balaban J connectivity index is 0. The molecule has 0 saturated heterocycles. The van der Waals surface area contributed by atoms with E-state index >= 15 is 0 Å². The molecule has 32 valence electrons. The summed E-state index contributed by atoms with van der Waals surface area (Å²) in [5.74, 6) is 0. The molecule has 0 aliphatic carbocycles. The van der Waals surface area contributed by atoms with Crippen LogP contribution in [-0.2, 0) is 3.02 Å². The molecule has 0 aliphatic rings. The molecule has 1 N–H and O–H groups in total. The summed E-state index contributed by atoms with van der Waals surface area (Å²) in [6, 6.07) is 0. The summed E-state index contributed by atoms with van der Waals surface area (Å²) in [4.78, 5) is 0. The van der Waals surface area contributed by atoms with Gasteiger partial charge in [0.05, 0.1) is 0 Å². The van der Waals surface area contributed by atoms with Crippen molar-refractivity contribution in [2.24, 2.45) is 0 Å². The zero-order valence-corrected chi connectivity index (χ0v) is 7.59. The normalized spacial score (nSPS) is 9.83. The maximum atomic E-state index is 8.75. The summed E-state index contributed by atoms with van der Waals surface area (Å²) >= 11 is -5.85. The maximum absolute atomic E-state index is 8.75. The van der Waals surface area contributed by atoms with Crippen molar-refractivity contribution in [3.63, 3.8) is 0 Å². The Morgan fingerprint density at radius 3 is 1.50 bits per heavy atom. The van der Waals surface area contributed by atoms with E-state index in [1.54, 1.807) is 0 Å². The minimum atomic E-state index is -5.85. The van der Waals surface area contributed by atoms with Gasteiger partial charge in [0.2, 0.25) is 0 Å². The molecule has 0 spiro atoms. The Morgan fingerprint density at radius 1 is 1.50 bits per heavy atom. The summed E-state index contributed by atoms with van der Waals surface area (Å²) in [6.45, 7) is 0. The standard InChI is InChI=1S/Ca.H2O.3O.Sb/h;1H2;;;;/q+2;;;2*-1;+1/p-1. The Morgan fingerprint density at radius 2 is 1.50 bits per heavy atom. The van der Waals surface area contributed by atoms with Crippen LogP contribution in [0.3, 0.4) is 0 Å². The average Bonchev–Trinajstić information content (AvgIpc) is 0.722. The van der Waals surface area contributed by atoms with Gasteiger partial charge in [0.1, 0.15) is 0 Å². The molecule has 0 saturated carbocycles. The Labute approximate surface area is 69.9 Å². The molecule has 6 heavy (non-hydrogen) atoms. The molecule has 0 bridgehead atoms. The molecule has 0 fully saturated rings. The van der Waals surface area contributed by atoms with Gasteiger partial charge in [-0.3, -0.25) is 0 Å². The average molecular weight is 227 g/mol. The third-order valence-electron chi connectivity index (χ3n) is 0. The van der Waals surface area contributed by atoms with Crippen LogP contribution in [0.15, 0.2) is 0 Å². The van der Waals surface area contributed by atoms with Crippen LogP contribution in [0.5, 0.6) is 0 Å². The van der Waals surface area contributed by atoms with E-state index in [0.29, 0.717) is 0 Å². The second-order valence-electron chi connectivity index (χ2n) is 0.469.